The number of H-pyrrole nitrogens is 1. The molecule has 0 saturated carbocycles. The molecule has 0 spiro atoms. The van der Waals surface area contributed by atoms with Crippen molar-refractivity contribution in [2.45, 2.75) is 51.6 Å². The van der Waals surface area contributed by atoms with Gasteiger partial charge in [-0.05, 0) is 49.6 Å². The van der Waals surface area contributed by atoms with Crippen LogP contribution in [0.1, 0.15) is 52.8 Å². The molecule has 1 aliphatic carbocycles. The third kappa shape index (κ3) is 4.58. The van der Waals surface area contributed by atoms with E-state index in [0.29, 0.717) is 21.0 Å². The zero-order valence-electron chi connectivity index (χ0n) is 17.4. The van der Waals surface area contributed by atoms with Crippen molar-refractivity contribution in [2.75, 3.05) is 5.32 Å². The summed E-state index contributed by atoms with van der Waals surface area (Å²) >= 11 is 2.70. The summed E-state index contributed by atoms with van der Waals surface area (Å²) in [4.78, 5) is 57.7. The number of esters is 1. The van der Waals surface area contributed by atoms with Crippen molar-refractivity contribution in [3.8, 4) is 0 Å². The molecule has 4 N–H and O–H groups in total. The predicted octanol–water partition coefficient (Wildman–Crippen LogP) is 2.53. The Morgan fingerprint density at radius 2 is 2.09 bits per heavy atom. The highest BCUT2D eigenvalue weighted by atomic mass is 32.1. The molecule has 0 saturated heterocycles. The number of nitrogens with one attached hydrogen (secondary N) is 2. The van der Waals surface area contributed by atoms with Gasteiger partial charge in [0.2, 0.25) is 0 Å². The predicted molar refractivity (Wildman–Crippen MR) is 122 cm³/mol. The molecule has 1 aliphatic rings. The fraction of sp³-hybridized carbons (Fsp3) is 0.381. The maximum Gasteiger partial charge on any atom is 0.307 e. The number of rotatable bonds is 7. The first-order valence-electron chi connectivity index (χ1n) is 10.2. The van der Waals surface area contributed by atoms with Crippen LogP contribution in [0, 0.1) is 0 Å². The lowest BCUT2D eigenvalue weighted by atomic mass is 9.97. The van der Waals surface area contributed by atoms with Gasteiger partial charge in [-0.15, -0.1) is 22.7 Å². The minimum Gasteiger partial charge on any atom is -0.453 e. The van der Waals surface area contributed by atoms with Crippen molar-refractivity contribution >= 4 is 55.7 Å². The van der Waals surface area contributed by atoms with Crippen LogP contribution in [0.25, 0.3) is 10.2 Å². The highest BCUT2D eigenvalue weighted by Gasteiger charge is 2.22. The molecule has 3 heterocycles. The lowest BCUT2D eigenvalue weighted by molar-refractivity contribution is -0.153. The Hall–Kier alpha value is -3.05. The molecule has 32 heavy (non-hydrogen) atoms. The van der Waals surface area contributed by atoms with Crippen molar-refractivity contribution in [3.63, 3.8) is 0 Å². The van der Waals surface area contributed by atoms with Crippen LogP contribution in [0.5, 0.6) is 0 Å². The molecule has 9 nitrogen and oxygen atoms in total. The van der Waals surface area contributed by atoms with E-state index in [9.17, 15) is 19.2 Å². The highest BCUT2D eigenvalue weighted by Crippen LogP contribution is 2.33. The molecule has 168 valence electrons. The van der Waals surface area contributed by atoms with Crippen molar-refractivity contribution in [1.29, 1.82) is 0 Å². The molecule has 2 amide bonds. The van der Waals surface area contributed by atoms with E-state index in [1.165, 1.54) is 17.9 Å². The second kappa shape index (κ2) is 9.21. The quantitative estimate of drug-likeness (QED) is 0.449. The van der Waals surface area contributed by atoms with Gasteiger partial charge in [0.05, 0.1) is 17.4 Å². The van der Waals surface area contributed by atoms with Crippen molar-refractivity contribution in [1.82, 2.24) is 9.97 Å². The van der Waals surface area contributed by atoms with Gasteiger partial charge in [-0.25, -0.2) is 4.98 Å². The van der Waals surface area contributed by atoms with Gasteiger partial charge < -0.3 is 20.8 Å². The molecular weight excluding hydrogens is 452 g/mol. The normalized spacial score (nSPS) is 14.0. The lowest BCUT2D eigenvalue weighted by Crippen LogP contribution is -2.30. The average Bonchev–Trinajstić information content (AvgIpc) is 3.36. The van der Waals surface area contributed by atoms with E-state index in [4.69, 9.17) is 10.5 Å². The van der Waals surface area contributed by atoms with E-state index in [0.717, 1.165) is 42.6 Å². The molecule has 0 radical (unpaired) electrons. The summed E-state index contributed by atoms with van der Waals surface area (Å²) in [7, 11) is 0. The SMILES string of the molecule is CC(OC(=O)CCc1nc2sc3c(c2c(=O)[nH]1)CCCC3)C(=O)Nc1sccc1C(N)=O. The molecule has 1 atom stereocenters. The molecule has 0 fully saturated rings. The molecule has 11 heteroatoms. The van der Waals surface area contributed by atoms with Crippen molar-refractivity contribution < 1.29 is 19.1 Å². The van der Waals surface area contributed by atoms with Crippen LogP contribution in [0.2, 0.25) is 0 Å². The van der Waals surface area contributed by atoms with Gasteiger partial charge in [0.15, 0.2) is 6.10 Å². The van der Waals surface area contributed by atoms with Crippen LogP contribution in [-0.4, -0.2) is 33.9 Å². The molecule has 0 aromatic carbocycles. The van der Waals surface area contributed by atoms with Crippen LogP contribution >= 0.6 is 22.7 Å². The summed E-state index contributed by atoms with van der Waals surface area (Å²) in [6, 6.07) is 1.51. The number of fused-ring (bicyclic) bond motifs is 3. The van der Waals surface area contributed by atoms with Gasteiger partial charge in [0, 0.05) is 11.3 Å². The Kier molecular flexibility index (Phi) is 6.38. The minimum atomic E-state index is -1.07. The average molecular weight is 475 g/mol. The Bertz CT molecular complexity index is 1260. The number of amides is 2. The molecule has 1 unspecified atom stereocenters. The zero-order chi connectivity index (χ0) is 22.8. The zero-order valence-corrected chi connectivity index (χ0v) is 19.0. The maximum atomic E-state index is 12.6. The Morgan fingerprint density at radius 3 is 2.88 bits per heavy atom. The van der Waals surface area contributed by atoms with E-state index in [1.54, 1.807) is 16.7 Å². The van der Waals surface area contributed by atoms with E-state index < -0.39 is 23.9 Å². The number of carbonyl (C=O) groups is 3. The number of nitrogens with zero attached hydrogens (tertiary/aromatic N) is 1. The Morgan fingerprint density at radius 1 is 1.31 bits per heavy atom. The second-order valence-electron chi connectivity index (χ2n) is 7.55. The number of carbonyl (C=O) groups excluding carboxylic acids is 3. The number of aromatic nitrogens is 2. The number of hydrogen-bond donors (Lipinski definition) is 3. The van der Waals surface area contributed by atoms with Crippen molar-refractivity contribution in [3.05, 3.63) is 43.6 Å². The summed E-state index contributed by atoms with van der Waals surface area (Å²) in [5.41, 5.74) is 6.40. The molecule has 3 aromatic rings. The topological polar surface area (TPSA) is 144 Å². The maximum absolute atomic E-state index is 12.6. The summed E-state index contributed by atoms with van der Waals surface area (Å²) in [5.74, 6) is -1.40. The summed E-state index contributed by atoms with van der Waals surface area (Å²) in [6.45, 7) is 1.44. The number of nitrogens with two attached hydrogens (primary N) is 1. The lowest BCUT2D eigenvalue weighted by Gasteiger charge is -2.13. The number of aryl methyl sites for hydroxylation is 3. The number of anilines is 1. The van der Waals surface area contributed by atoms with E-state index in [2.05, 4.69) is 15.3 Å². The molecular formula is C21H22N4O5S2. The van der Waals surface area contributed by atoms with Crippen LogP contribution in [0.4, 0.5) is 5.00 Å². The van der Waals surface area contributed by atoms with Gasteiger partial charge in [-0.3, -0.25) is 19.2 Å². The van der Waals surface area contributed by atoms with Crippen LogP contribution in [0.3, 0.4) is 0 Å². The van der Waals surface area contributed by atoms with E-state index in [-0.39, 0.29) is 24.0 Å². The second-order valence-corrected chi connectivity index (χ2v) is 9.55. The van der Waals surface area contributed by atoms with Crippen LogP contribution < -0.4 is 16.6 Å². The summed E-state index contributed by atoms with van der Waals surface area (Å²) in [6.07, 6.45) is 3.17. The number of ether oxygens (including phenoxy) is 1. The fourth-order valence-corrected chi connectivity index (χ4v) is 5.75. The monoisotopic (exact) mass is 474 g/mol. The van der Waals surface area contributed by atoms with Gasteiger partial charge in [0.1, 0.15) is 15.7 Å². The number of primary amides is 1. The fourth-order valence-electron chi connectivity index (χ4n) is 3.67. The largest absolute Gasteiger partial charge is 0.453 e. The molecule has 0 aliphatic heterocycles. The third-order valence-electron chi connectivity index (χ3n) is 5.28. The standard InChI is InChI=1S/C21H22N4O5S2/c1-10(18(28)25-20-12(17(22)27)8-9-31-20)30-15(26)7-6-14-23-19(29)16-11-4-2-3-5-13(11)32-21(16)24-14/h8-10H,2-7H2,1H3,(H2,22,27)(H,25,28)(H,23,24,29). The van der Waals surface area contributed by atoms with Gasteiger partial charge in [0.25, 0.3) is 17.4 Å². The first-order chi connectivity index (χ1) is 15.3. The smallest absolute Gasteiger partial charge is 0.307 e. The Balaban J connectivity index is 1.35. The molecule has 0 bridgehead atoms. The van der Waals surface area contributed by atoms with Gasteiger partial charge in [-0.2, -0.15) is 0 Å². The Labute approximate surface area is 191 Å². The highest BCUT2D eigenvalue weighted by molar-refractivity contribution is 7.18. The van der Waals surface area contributed by atoms with Crippen molar-refractivity contribution in [2.24, 2.45) is 5.73 Å². The minimum absolute atomic E-state index is 0.0390. The molecule has 3 aromatic heterocycles. The summed E-state index contributed by atoms with van der Waals surface area (Å²) in [5, 5.41) is 5.15. The van der Waals surface area contributed by atoms with Crippen LogP contribution in [0.15, 0.2) is 16.2 Å². The van der Waals surface area contributed by atoms with Crippen LogP contribution in [-0.2, 0) is 33.6 Å². The first-order valence-corrected chi connectivity index (χ1v) is 11.9. The van der Waals surface area contributed by atoms with Gasteiger partial charge >= 0.3 is 5.97 Å². The number of thiophene rings is 2. The first kappa shape index (κ1) is 22.2. The van der Waals surface area contributed by atoms with Gasteiger partial charge in [-0.1, -0.05) is 0 Å². The van der Waals surface area contributed by atoms with E-state index in [1.807, 2.05) is 0 Å². The molecule has 4 rings (SSSR count). The number of aromatic amines is 1. The van der Waals surface area contributed by atoms with E-state index >= 15 is 0 Å². The number of hydrogen-bond acceptors (Lipinski definition) is 8. The third-order valence-corrected chi connectivity index (χ3v) is 7.30. The summed E-state index contributed by atoms with van der Waals surface area (Å²) < 4.78 is 5.19.